The molecule has 1 aromatic carbocycles. The smallest absolute Gasteiger partial charge is 0.336 e. The highest BCUT2D eigenvalue weighted by molar-refractivity contribution is 7.17. The average molecular weight is 412 g/mol. The zero-order valence-electron chi connectivity index (χ0n) is 16.7. The summed E-state index contributed by atoms with van der Waals surface area (Å²) in [6.45, 7) is 3.76. The molecule has 7 heteroatoms. The predicted molar refractivity (Wildman–Crippen MR) is 116 cm³/mol. The van der Waals surface area contributed by atoms with Gasteiger partial charge < -0.3 is 5.32 Å². The molecule has 0 aliphatic heterocycles. The Kier molecular flexibility index (Phi) is 5.41. The van der Waals surface area contributed by atoms with Crippen LogP contribution in [0.4, 0.5) is 0 Å². The SMILES string of the molecule is Cc1cccc(-n2c(=O)c3sccc3n(CC(=O)NC3CCCCC3)c2=O)c1C. The molecule has 1 aliphatic rings. The first-order valence-electron chi connectivity index (χ1n) is 10.1. The Bertz CT molecular complexity index is 1180. The van der Waals surface area contributed by atoms with E-state index in [2.05, 4.69) is 5.32 Å². The monoisotopic (exact) mass is 411 g/mol. The fraction of sp³-hybridized carbons (Fsp3) is 0.409. The molecule has 4 rings (SSSR count). The first-order valence-corrected chi connectivity index (χ1v) is 10.9. The topological polar surface area (TPSA) is 73.1 Å². The second kappa shape index (κ2) is 7.99. The maximum Gasteiger partial charge on any atom is 0.336 e. The Hall–Kier alpha value is -2.67. The van der Waals surface area contributed by atoms with E-state index in [0.29, 0.717) is 15.9 Å². The van der Waals surface area contributed by atoms with Crippen LogP contribution in [0, 0.1) is 13.8 Å². The highest BCUT2D eigenvalue weighted by Gasteiger charge is 2.20. The molecule has 1 fully saturated rings. The number of amides is 1. The van der Waals surface area contributed by atoms with Crippen LogP contribution in [-0.2, 0) is 11.3 Å². The molecule has 0 bridgehead atoms. The van der Waals surface area contributed by atoms with Crippen molar-refractivity contribution in [2.45, 2.75) is 58.5 Å². The molecule has 0 radical (unpaired) electrons. The zero-order chi connectivity index (χ0) is 20.5. The number of rotatable bonds is 4. The van der Waals surface area contributed by atoms with E-state index in [0.717, 1.165) is 36.8 Å². The molecule has 1 aliphatic carbocycles. The van der Waals surface area contributed by atoms with Crippen molar-refractivity contribution in [3.05, 3.63) is 61.6 Å². The van der Waals surface area contributed by atoms with Crippen molar-refractivity contribution in [2.75, 3.05) is 0 Å². The molecule has 0 spiro atoms. The summed E-state index contributed by atoms with van der Waals surface area (Å²) in [6, 6.07) is 7.47. The second-order valence-corrected chi connectivity index (χ2v) is 8.68. The van der Waals surface area contributed by atoms with E-state index < -0.39 is 5.69 Å². The fourth-order valence-electron chi connectivity index (χ4n) is 4.09. The van der Waals surface area contributed by atoms with Crippen LogP contribution in [-0.4, -0.2) is 21.1 Å². The van der Waals surface area contributed by atoms with Gasteiger partial charge in [-0.05, 0) is 55.3 Å². The number of nitrogens with one attached hydrogen (secondary N) is 1. The van der Waals surface area contributed by atoms with Gasteiger partial charge in [0.05, 0.1) is 11.2 Å². The summed E-state index contributed by atoms with van der Waals surface area (Å²) >= 11 is 1.29. The lowest BCUT2D eigenvalue weighted by atomic mass is 9.95. The zero-order valence-corrected chi connectivity index (χ0v) is 17.6. The maximum atomic E-state index is 13.3. The number of nitrogens with zero attached hydrogens (tertiary/aromatic N) is 2. The molecular weight excluding hydrogens is 386 g/mol. The van der Waals surface area contributed by atoms with Gasteiger partial charge in [-0.1, -0.05) is 31.4 Å². The molecule has 0 unspecified atom stereocenters. The number of benzene rings is 1. The van der Waals surface area contributed by atoms with Gasteiger partial charge in [-0.15, -0.1) is 11.3 Å². The molecule has 1 N–H and O–H groups in total. The van der Waals surface area contributed by atoms with Gasteiger partial charge in [-0.2, -0.15) is 0 Å². The molecular formula is C22H25N3O3S. The van der Waals surface area contributed by atoms with Crippen molar-refractivity contribution in [1.82, 2.24) is 14.5 Å². The molecule has 2 aromatic heterocycles. The van der Waals surface area contributed by atoms with Crippen molar-refractivity contribution < 1.29 is 4.79 Å². The Morgan fingerprint density at radius 1 is 1.14 bits per heavy atom. The van der Waals surface area contributed by atoms with E-state index in [1.165, 1.54) is 26.9 Å². The summed E-state index contributed by atoms with van der Waals surface area (Å²) in [5, 5.41) is 4.85. The first kappa shape index (κ1) is 19.6. The molecule has 6 nitrogen and oxygen atoms in total. The molecule has 0 saturated heterocycles. The minimum atomic E-state index is -0.478. The molecule has 3 aromatic rings. The number of aromatic nitrogens is 2. The summed E-state index contributed by atoms with van der Waals surface area (Å²) in [6.07, 6.45) is 5.42. The minimum absolute atomic E-state index is 0.0896. The van der Waals surface area contributed by atoms with Gasteiger partial charge in [0, 0.05) is 6.04 Å². The predicted octanol–water partition coefficient (Wildman–Crippen LogP) is 3.28. The molecule has 152 valence electrons. The normalized spacial score (nSPS) is 15.0. The third-order valence-electron chi connectivity index (χ3n) is 5.84. The van der Waals surface area contributed by atoms with Gasteiger partial charge in [0.25, 0.3) is 5.56 Å². The average Bonchev–Trinajstić information content (AvgIpc) is 3.19. The third kappa shape index (κ3) is 3.67. The second-order valence-electron chi connectivity index (χ2n) is 7.77. The van der Waals surface area contributed by atoms with E-state index in [-0.39, 0.29) is 24.1 Å². The van der Waals surface area contributed by atoms with Gasteiger partial charge >= 0.3 is 5.69 Å². The Labute approximate surface area is 172 Å². The van der Waals surface area contributed by atoms with Crippen LogP contribution in [0.25, 0.3) is 15.9 Å². The first-order chi connectivity index (χ1) is 14.0. The van der Waals surface area contributed by atoms with E-state index in [1.807, 2.05) is 26.0 Å². The van der Waals surface area contributed by atoms with Crippen molar-refractivity contribution >= 4 is 27.5 Å². The van der Waals surface area contributed by atoms with E-state index in [4.69, 9.17) is 0 Å². The molecule has 1 amide bonds. The van der Waals surface area contributed by atoms with Crippen LogP contribution in [0.2, 0.25) is 0 Å². The number of carbonyl (C=O) groups excluding carboxylic acids is 1. The van der Waals surface area contributed by atoms with Crippen LogP contribution in [0.5, 0.6) is 0 Å². The van der Waals surface area contributed by atoms with Crippen molar-refractivity contribution in [3.63, 3.8) is 0 Å². The fourth-order valence-corrected chi connectivity index (χ4v) is 4.92. The Morgan fingerprint density at radius 3 is 2.66 bits per heavy atom. The highest BCUT2D eigenvalue weighted by atomic mass is 32.1. The standard InChI is InChI=1S/C22H25N3O3S/c1-14-7-6-10-17(15(14)2)25-21(27)20-18(11-12-29-20)24(22(25)28)13-19(26)23-16-8-4-3-5-9-16/h6-7,10-12,16H,3-5,8-9,13H2,1-2H3,(H,23,26). The quantitative estimate of drug-likeness (QED) is 0.716. The van der Waals surface area contributed by atoms with E-state index >= 15 is 0 Å². The van der Waals surface area contributed by atoms with Crippen LogP contribution < -0.4 is 16.6 Å². The number of carbonyl (C=O) groups is 1. The highest BCUT2D eigenvalue weighted by Crippen LogP contribution is 2.20. The largest absolute Gasteiger partial charge is 0.352 e. The lowest BCUT2D eigenvalue weighted by molar-refractivity contribution is -0.122. The molecule has 2 heterocycles. The van der Waals surface area contributed by atoms with Crippen molar-refractivity contribution in [2.24, 2.45) is 0 Å². The molecule has 0 atom stereocenters. The number of fused-ring (bicyclic) bond motifs is 1. The summed E-state index contributed by atoms with van der Waals surface area (Å²) in [5.41, 5.74) is 2.15. The Balaban J connectivity index is 1.79. The Morgan fingerprint density at radius 2 is 1.90 bits per heavy atom. The summed E-state index contributed by atoms with van der Waals surface area (Å²) < 4.78 is 3.11. The van der Waals surface area contributed by atoms with E-state index in [1.54, 1.807) is 17.5 Å². The number of aryl methyl sites for hydroxylation is 1. The lowest BCUT2D eigenvalue weighted by Crippen LogP contribution is -2.44. The van der Waals surface area contributed by atoms with Crippen LogP contribution in [0.15, 0.2) is 39.2 Å². The number of hydrogen-bond donors (Lipinski definition) is 1. The van der Waals surface area contributed by atoms with Crippen molar-refractivity contribution in [3.8, 4) is 5.69 Å². The van der Waals surface area contributed by atoms with Gasteiger partial charge in [-0.3, -0.25) is 14.2 Å². The van der Waals surface area contributed by atoms with Crippen LogP contribution >= 0.6 is 11.3 Å². The van der Waals surface area contributed by atoms with E-state index in [9.17, 15) is 14.4 Å². The van der Waals surface area contributed by atoms with Gasteiger partial charge in [0.15, 0.2) is 0 Å². The number of hydrogen-bond acceptors (Lipinski definition) is 4. The maximum absolute atomic E-state index is 13.3. The molecule has 29 heavy (non-hydrogen) atoms. The lowest BCUT2D eigenvalue weighted by Gasteiger charge is -2.23. The minimum Gasteiger partial charge on any atom is -0.352 e. The summed E-state index contributed by atoms with van der Waals surface area (Å²) in [4.78, 5) is 39.1. The van der Waals surface area contributed by atoms with Gasteiger partial charge in [0.2, 0.25) is 5.91 Å². The molecule has 1 saturated carbocycles. The van der Waals surface area contributed by atoms with Crippen molar-refractivity contribution in [1.29, 1.82) is 0 Å². The van der Waals surface area contributed by atoms with Crippen LogP contribution in [0.1, 0.15) is 43.2 Å². The summed E-state index contributed by atoms with van der Waals surface area (Å²) in [5.74, 6) is -0.183. The van der Waals surface area contributed by atoms with Crippen LogP contribution in [0.3, 0.4) is 0 Å². The van der Waals surface area contributed by atoms with Gasteiger partial charge in [0.1, 0.15) is 11.2 Å². The third-order valence-corrected chi connectivity index (χ3v) is 6.74. The summed E-state index contributed by atoms with van der Waals surface area (Å²) in [7, 11) is 0. The van der Waals surface area contributed by atoms with Gasteiger partial charge in [-0.25, -0.2) is 9.36 Å². The number of thiophene rings is 1.